The van der Waals surface area contributed by atoms with Crippen molar-refractivity contribution in [2.24, 2.45) is 0 Å². The second-order valence-corrected chi connectivity index (χ2v) is 9.35. The van der Waals surface area contributed by atoms with Crippen molar-refractivity contribution >= 4 is 37.7 Å². The maximum atomic E-state index is 5.48. The number of fused-ring (bicyclic) bond motifs is 3. The predicted molar refractivity (Wildman–Crippen MR) is 133 cm³/mol. The summed E-state index contributed by atoms with van der Waals surface area (Å²) in [5.74, 6) is 1.39. The van der Waals surface area contributed by atoms with Crippen molar-refractivity contribution in [3.63, 3.8) is 0 Å². The summed E-state index contributed by atoms with van der Waals surface area (Å²) in [4.78, 5) is 9.39. The molecular formula is C26H24N4O2S. The molecule has 1 unspecified atom stereocenters. The number of hydrogen-bond donors (Lipinski definition) is 1. The zero-order chi connectivity index (χ0) is 22.4. The van der Waals surface area contributed by atoms with E-state index in [1.807, 2.05) is 18.5 Å². The maximum Gasteiger partial charge on any atom is 0.184 e. The van der Waals surface area contributed by atoms with E-state index in [1.54, 1.807) is 25.6 Å². The molecule has 1 aliphatic rings. The lowest BCUT2D eigenvalue weighted by Crippen LogP contribution is -2.06. The zero-order valence-electron chi connectivity index (χ0n) is 18.5. The van der Waals surface area contributed by atoms with Crippen LogP contribution in [-0.4, -0.2) is 28.8 Å². The molecule has 33 heavy (non-hydrogen) atoms. The van der Waals surface area contributed by atoms with Crippen LogP contribution in [0.1, 0.15) is 29.2 Å². The average molecular weight is 457 g/mol. The lowest BCUT2D eigenvalue weighted by molar-refractivity contribution is 0.355. The van der Waals surface area contributed by atoms with Crippen molar-refractivity contribution < 1.29 is 9.47 Å². The molecule has 0 fully saturated rings. The van der Waals surface area contributed by atoms with Crippen LogP contribution in [0.25, 0.3) is 21.3 Å². The van der Waals surface area contributed by atoms with Gasteiger partial charge in [-0.15, -0.1) is 0 Å². The minimum absolute atomic E-state index is 0.338. The fraction of sp³-hybridized carbons (Fsp3) is 0.231. The number of rotatable bonds is 6. The average Bonchev–Trinajstić information content (AvgIpc) is 3.55. The van der Waals surface area contributed by atoms with E-state index in [-0.39, 0.29) is 0 Å². The number of ether oxygens (including phenoxy) is 2. The van der Waals surface area contributed by atoms with Crippen molar-refractivity contribution in [2.75, 3.05) is 19.5 Å². The van der Waals surface area contributed by atoms with Gasteiger partial charge in [0.25, 0.3) is 0 Å². The van der Waals surface area contributed by atoms with Crippen LogP contribution in [-0.2, 0) is 13.0 Å². The third-order valence-corrected chi connectivity index (χ3v) is 7.31. The van der Waals surface area contributed by atoms with E-state index in [1.165, 1.54) is 21.4 Å². The van der Waals surface area contributed by atoms with Gasteiger partial charge in [-0.3, -0.25) is 0 Å². The highest BCUT2D eigenvalue weighted by Gasteiger charge is 2.22. The second-order valence-electron chi connectivity index (χ2n) is 8.32. The van der Waals surface area contributed by atoms with Gasteiger partial charge in [0.2, 0.25) is 0 Å². The lowest BCUT2D eigenvalue weighted by Gasteiger charge is -2.12. The number of thiazole rings is 1. The van der Waals surface area contributed by atoms with Gasteiger partial charge in [0.05, 0.1) is 47.8 Å². The number of anilines is 1. The molecule has 0 bridgehead atoms. The van der Waals surface area contributed by atoms with Crippen molar-refractivity contribution in [1.29, 1.82) is 0 Å². The number of aryl methyl sites for hydroxylation is 1. The maximum absolute atomic E-state index is 5.48. The third kappa shape index (κ3) is 3.58. The number of nitrogens with one attached hydrogen (secondary N) is 1. The molecule has 1 N–H and O–H groups in total. The highest BCUT2D eigenvalue weighted by Crippen LogP contribution is 2.36. The Kier molecular flexibility index (Phi) is 4.91. The smallest absolute Gasteiger partial charge is 0.184 e. The summed E-state index contributed by atoms with van der Waals surface area (Å²) in [5.41, 5.74) is 6.98. The fourth-order valence-electron chi connectivity index (χ4n) is 4.69. The minimum Gasteiger partial charge on any atom is -0.493 e. The van der Waals surface area contributed by atoms with Crippen LogP contribution in [0.5, 0.6) is 11.5 Å². The molecule has 0 spiro atoms. The van der Waals surface area contributed by atoms with Gasteiger partial charge in [0.15, 0.2) is 16.6 Å². The third-order valence-electron chi connectivity index (χ3n) is 6.36. The summed E-state index contributed by atoms with van der Waals surface area (Å²) in [6.07, 6.45) is 4.10. The molecule has 0 radical (unpaired) electrons. The Morgan fingerprint density at radius 3 is 2.76 bits per heavy atom. The fourth-order valence-corrected chi connectivity index (χ4v) is 5.68. The van der Waals surface area contributed by atoms with Crippen molar-refractivity contribution in [1.82, 2.24) is 14.5 Å². The summed E-state index contributed by atoms with van der Waals surface area (Å²) in [7, 11) is 3.29. The first-order chi connectivity index (χ1) is 16.2. The predicted octanol–water partition coefficient (Wildman–Crippen LogP) is 5.81. The SMILES string of the molecule is COc1cc2ncn(Cc3ccc4nc(NC5CCc6ccccc65)sc4c3)c2cc1OC. The van der Waals surface area contributed by atoms with Crippen LogP contribution in [0.15, 0.2) is 60.9 Å². The molecule has 1 aliphatic carbocycles. The first-order valence-corrected chi connectivity index (χ1v) is 11.8. The standard InChI is InChI=1S/C26H24N4O2S/c1-31-23-12-21-22(13-24(23)32-2)30(15-27-21)14-16-7-9-20-25(11-16)33-26(29-20)28-19-10-8-17-5-3-4-6-18(17)19/h3-7,9,11-13,15,19H,8,10,14H2,1-2H3,(H,28,29). The van der Waals surface area contributed by atoms with E-state index in [0.29, 0.717) is 17.5 Å². The van der Waals surface area contributed by atoms with Crippen LogP contribution in [0.4, 0.5) is 5.13 Å². The molecule has 0 saturated carbocycles. The number of imidazole rings is 1. The largest absolute Gasteiger partial charge is 0.493 e. The molecule has 5 aromatic rings. The van der Waals surface area contributed by atoms with Gasteiger partial charge in [-0.2, -0.15) is 0 Å². The van der Waals surface area contributed by atoms with E-state index < -0.39 is 0 Å². The summed E-state index contributed by atoms with van der Waals surface area (Å²) in [6, 6.07) is 19.4. The second kappa shape index (κ2) is 8.08. The van der Waals surface area contributed by atoms with E-state index in [0.717, 1.165) is 41.1 Å². The summed E-state index contributed by atoms with van der Waals surface area (Å²) in [5, 5.41) is 4.65. The van der Waals surface area contributed by atoms with Crippen molar-refractivity contribution in [2.45, 2.75) is 25.4 Å². The van der Waals surface area contributed by atoms with Crippen LogP contribution in [0.2, 0.25) is 0 Å². The highest BCUT2D eigenvalue weighted by atomic mass is 32.1. The number of aromatic nitrogens is 3. The summed E-state index contributed by atoms with van der Waals surface area (Å²) < 4.78 is 14.2. The first kappa shape index (κ1) is 20.1. The Morgan fingerprint density at radius 2 is 1.88 bits per heavy atom. The molecular weight excluding hydrogens is 432 g/mol. The molecule has 6 rings (SSSR count). The molecule has 7 heteroatoms. The number of methoxy groups -OCH3 is 2. The van der Waals surface area contributed by atoms with Crippen molar-refractivity contribution in [3.8, 4) is 11.5 Å². The molecule has 0 amide bonds. The van der Waals surface area contributed by atoms with E-state index >= 15 is 0 Å². The van der Waals surface area contributed by atoms with E-state index in [9.17, 15) is 0 Å². The van der Waals surface area contributed by atoms with Gasteiger partial charge in [0.1, 0.15) is 0 Å². The summed E-state index contributed by atoms with van der Waals surface area (Å²) >= 11 is 1.72. The monoisotopic (exact) mass is 456 g/mol. The Balaban J connectivity index is 1.26. The van der Waals surface area contributed by atoms with E-state index in [4.69, 9.17) is 14.5 Å². The number of hydrogen-bond acceptors (Lipinski definition) is 6. The van der Waals surface area contributed by atoms with Crippen LogP contribution in [0.3, 0.4) is 0 Å². The van der Waals surface area contributed by atoms with Gasteiger partial charge >= 0.3 is 0 Å². The lowest BCUT2D eigenvalue weighted by atomic mass is 10.1. The molecule has 166 valence electrons. The topological polar surface area (TPSA) is 61.2 Å². The Hall–Kier alpha value is -3.58. The van der Waals surface area contributed by atoms with Crippen LogP contribution < -0.4 is 14.8 Å². The first-order valence-electron chi connectivity index (χ1n) is 11.0. The van der Waals surface area contributed by atoms with Crippen molar-refractivity contribution in [3.05, 3.63) is 77.6 Å². The summed E-state index contributed by atoms with van der Waals surface area (Å²) in [6.45, 7) is 0.721. The van der Waals surface area contributed by atoms with Gasteiger partial charge in [-0.25, -0.2) is 9.97 Å². The zero-order valence-corrected chi connectivity index (χ0v) is 19.4. The molecule has 2 aromatic heterocycles. The Morgan fingerprint density at radius 1 is 1.03 bits per heavy atom. The van der Waals surface area contributed by atoms with Gasteiger partial charge in [0, 0.05) is 18.7 Å². The normalized spacial score (nSPS) is 15.2. The Labute approximate surface area is 195 Å². The van der Waals surface area contributed by atoms with Crippen LogP contribution in [0, 0.1) is 0 Å². The van der Waals surface area contributed by atoms with Gasteiger partial charge in [-0.05, 0) is 41.7 Å². The molecule has 6 nitrogen and oxygen atoms in total. The van der Waals surface area contributed by atoms with Gasteiger partial charge < -0.3 is 19.4 Å². The van der Waals surface area contributed by atoms with Gasteiger partial charge in [-0.1, -0.05) is 41.7 Å². The number of nitrogens with zero attached hydrogens (tertiary/aromatic N) is 3. The molecule has 3 aromatic carbocycles. The number of benzene rings is 3. The quantitative estimate of drug-likeness (QED) is 0.349. The molecule has 1 atom stereocenters. The van der Waals surface area contributed by atoms with Crippen LogP contribution >= 0.6 is 11.3 Å². The Bertz CT molecular complexity index is 1470. The molecule has 2 heterocycles. The molecule has 0 aliphatic heterocycles. The van der Waals surface area contributed by atoms with E-state index in [2.05, 4.69) is 57.3 Å². The highest BCUT2D eigenvalue weighted by molar-refractivity contribution is 7.22. The molecule has 0 saturated heterocycles. The minimum atomic E-state index is 0.338.